The van der Waals surface area contributed by atoms with Crippen molar-refractivity contribution in [3.8, 4) is 0 Å². The van der Waals surface area contributed by atoms with E-state index in [1.54, 1.807) is 0 Å². The van der Waals surface area contributed by atoms with E-state index in [9.17, 15) is 9.59 Å². The monoisotopic (exact) mass is 238 g/mol. The molecule has 6 heteroatoms. The second kappa shape index (κ2) is 5.97. The Morgan fingerprint density at radius 1 is 1.41 bits per heavy atom. The molecule has 1 aromatic carbocycles. The lowest BCUT2D eigenvalue weighted by Gasteiger charge is -2.11. The van der Waals surface area contributed by atoms with Crippen LogP contribution >= 0.6 is 0 Å². The van der Waals surface area contributed by atoms with Crippen molar-refractivity contribution < 1.29 is 19.4 Å². The molecule has 1 aromatic rings. The molecule has 6 nitrogen and oxygen atoms in total. The Labute approximate surface area is 98.4 Å². The third kappa shape index (κ3) is 3.86. The molecule has 0 bridgehead atoms. The van der Waals surface area contributed by atoms with Gasteiger partial charge in [0.2, 0.25) is 5.91 Å². The number of aromatic carboxylic acids is 1. The molecule has 0 aliphatic carbocycles. The highest BCUT2D eigenvalue weighted by Crippen LogP contribution is 2.09. The van der Waals surface area contributed by atoms with Gasteiger partial charge in [0.25, 0.3) is 0 Å². The van der Waals surface area contributed by atoms with Crippen molar-refractivity contribution in [1.82, 2.24) is 0 Å². The molecule has 1 atom stereocenters. The van der Waals surface area contributed by atoms with Crippen molar-refractivity contribution in [2.75, 3.05) is 19.0 Å². The molecule has 0 saturated carbocycles. The zero-order chi connectivity index (χ0) is 12.8. The second-order valence-corrected chi connectivity index (χ2v) is 3.43. The maximum Gasteiger partial charge on any atom is 0.335 e. The predicted molar refractivity (Wildman–Crippen MR) is 61.9 cm³/mol. The third-order valence-corrected chi connectivity index (χ3v) is 2.08. The number of ether oxygens (including phenoxy) is 1. The van der Waals surface area contributed by atoms with Crippen molar-refractivity contribution in [1.29, 1.82) is 0 Å². The summed E-state index contributed by atoms with van der Waals surface area (Å²) in [6.07, 6.45) is 0. The molecule has 0 aromatic heterocycles. The van der Waals surface area contributed by atoms with Gasteiger partial charge in [-0.05, 0) is 24.3 Å². The number of carbonyl (C=O) groups is 2. The van der Waals surface area contributed by atoms with Crippen molar-refractivity contribution in [2.24, 2.45) is 5.73 Å². The Hall–Kier alpha value is -1.92. The number of carboxylic acids is 1. The molecule has 0 fully saturated rings. The predicted octanol–water partition coefficient (Wildman–Crippen LogP) is 0.297. The number of nitrogens with two attached hydrogens (primary N) is 1. The number of benzene rings is 1. The van der Waals surface area contributed by atoms with Crippen LogP contribution in [0.1, 0.15) is 10.4 Å². The van der Waals surface area contributed by atoms with Crippen LogP contribution < -0.4 is 11.1 Å². The number of methoxy groups -OCH3 is 1. The molecule has 0 aliphatic rings. The summed E-state index contributed by atoms with van der Waals surface area (Å²) in [7, 11) is 1.45. The third-order valence-electron chi connectivity index (χ3n) is 2.08. The van der Waals surface area contributed by atoms with Gasteiger partial charge in [-0.3, -0.25) is 4.79 Å². The van der Waals surface area contributed by atoms with Crippen LogP contribution in [0.25, 0.3) is 0 Å². The Balaban J connectivity index is 2.63. The lowest BCUT2D eigenvalue weighted by molar-refractivity contribution is -0.118. The normalized spacial score (nSPS) is 11.9. The van der Waals surface area contributed by atoms with E-state index in [0.29, 0.717) is 5.69 Å². The highest BCUT2D eigenvalue weighted by Gasteiger charge is 2.13. The largest absolute Gasteiger partial charge is 0.478 e. The molecule has 0 spiro atoms. The average Bonchev–Trinajstić information content (AvgIpc) is 2.30. The molecule has 0 unspecified atom stereocenters. The van der Waals surface area contributed by atoms with Crippen LogP contribution in [-0.4, -0.2) is 36.7 Å². The summed E-state index contributed by atoms with van der Waals surface area (Å²) in [5.41, 5.74) is 6.17. The number of carbonyl (C=O) groups excluding carboxylic acids is 1. The van der Waals surface area contributed by atoms with Gasteiger partial charge in [-0.2, -0.15) is 0 Å². The Kier molecular flexibility index (Phi) is 4.62. The number of hydrogen-bond acceptors (Lipinski definition) is 4. The van der Waals surface area contributed by atoms with E-state index in [1.165, 1.54) is 31.4 Å². The topological polar surface area (TPSA) is 102 Å². The first kappa shape index (κ1) is 13.1. The van der Waals surface area contributed by atoms with E-state index in [-0.39, 0.29) is 18.1 Å². The minimum atomic E-state index is -1.01. The maximum atomic E-state index is 11.5. The highest BCUT2D eigenvalue weighted by molar-refractivity contribution is 5.95. The summed E-state index contributed by atoms with van der Waals surface area (Å²) >= 11 is 0. The van der Waals surface area contributed by atoms with E-state index < -0.39 is 12.0 Å². The fourth-order valence-corrected chi connectivity index (χ4v) is 1.19. The standard InChI is InChI=1S/C11H14N2O4/c1-17-6-9(12)10(14)13-8-4-2-7(3-5-8)11(15)16/h2-5,9H,6,12H2,1H3,(H,13,14)(H,15,16)/t9-/m0/s1. The highest BCUT2D eigenvalue weighted by atomic mass is 16.5. The van der Waals surface area contributed by atoms with Crippen molar-refractivity contribution in [2.45, 2.75) is 6.04 Å². The van der Waals surface area contributed by atoms with Crippen molar-refractivity contribution in [3.05, 3.63) is 29.8 Å². The van der Waals surface area contributed by atoms with Crippen LogP contribution in [0, 0.1) is 0 Å². The quantitative estimate of drug-likeness (QED) is 0.684. The number of carboxylic acid groups (broad SMARTS) is 1. The van der Waals surface area contributed by atoms with Crippen LogP contribution in [-0.2, 0) is 9.53 Å². The zero-order valence-electron chi connectivity index (χ0n) is 9.34. The molecule has 0 radical (unpaired) electrons. The fourth-order valence-electron chi connectivity index (χ4n) is 1.19. The molecule has 0 heterocycles. The molecule has 0 saturated heterocycles. The summed E-state index contributed by atoms with van der Waals surface area (Å²) in [5.74, 6) is -1.39. The second-order valence-electron chi connectivity index (χ2n) is 3.43. The first-order valence-corrected chi connectivity index (χ1v) is 4.93. The molecular formula is C11H14N2O4. The van der Waals surface area contributed by atoms with Crippen molar-refractivity contribution >= 4 is 17.6 Å². The van der Waals surface area contributed by atoms with Crippen molar-refractivity contribution in [3.63, 3.8) is 0 Å². The van der Waals surface area contributed by atoms with Gasteiger partial charge in [0.15, 0.2) is 0 Å². The minimum absolute atomic E-state index is 0.124. The number of nitrogens with one attached hydrogen (secondary N) is 1. The van der Waals surface area contributed by atoms with E-state index in [0.717, 1.165) is 0 Å². The summed E-state index contributed by atoms with van der Waals surface area (Å²) < 4.78 is 4.75. The minimum Gasteiger partial charge on any atom is -0.478 e. The van der Waals surface area contributed by atoms with Gasteiger partial charge >= 0.3 is 5.97 Å². The Morgan fingerprint density at radius 2 is 2.00 bits per heavy atom. The van der Waals surface area contributed by atoms with Gasteiger partial charge in [-0.25, -0.2) is 4.79 Å². The van der Waals surface area contributed by atoms with E-state index in [1.807, 2.05) is 0 Å². The van der Waals surface area contributed by atoms with Gasteiger partial charge in [0, 0.05) is 12.8 Å². The lowest BCUT2D eigenvalue weighted by atomic mass is 10.2. The Bertz CT molecular complexity index is 402. The van der Waals surface area contributed by atoms with Crippen LogP contribution in [0.15, 0.2) is 24.3 Å². The molecule has 17 heavy (non-hydrogen) atoms. The van der Waals surface area contributed by atoms with E-state index in [2.05, 4.69) is 5.32 Å². The molecule has 1 amide bonds. The lowest BCUT2D eigenvalue weighted by Crippen LogP contribution is -2.39. The van der Waals surface area contributed by atoms with Gasteiger partial charge in [-0.15, -0.1) is 0 Å². The smallest absolute Gasteiger partial charge is 0.335 e. The van der Waals surface area contributed by atoms with Gasteiger partial charge in [0.05, 0.1) is 12.2 Å². The molecule has 92 valence electrons. The number of rotatable bonds is 5. The molecule has 4 N–H and O–H groups in total. The fraction of sp³-hybridized carbons (Fsp3) is 0.273. The van der Waals surface area contributed by atoms with Crippen LogP contribution in [0.3, 0.4) is 0 Å². The molecular weight excluding hydrogens is 224 g/mol. The summed E-state index contributed by atoms with van der Waals surface area (Å²) in [4.78, 5) is 22.1. The number of hydrogen-bond donors (Lipinski definition) is 3. The average molecular weight is 238 g/mol. The van der Waals surface area contributed by atoms with E-state index >= 15 is 0 Å². The number of amides is 1. The van der Waals surface area contributed by atoms with Gasteiger partial charge in [0.1, 0.15) is 6.04 Å². The van der Waals surface area contributed by atoms with Crippen LogP contribution in [0.5, 0.6) is 0 Å². The van der Waals surface area contributed by atoms with Gasteiger partial charge in [-0.1, -0.05) is 0 Å². The van der Waals surface area contributed by atoms with Crippen LogP contribution in [0.2, 0.25) is 0 Å². The maximum absolute atomic E-state index is 11.5. The molecule has 1 rings (SSSR count). The summed E-state index contributed by atoms with van der Waals surface area (Å²) in [6.45, 7) is 0.124. The van der Waals surface area contributed by atoms with Gasteiger partial charge < -0.3 is 20.9 Å². The van der Waals surface area contributed by atoms with E-state index in [4.69, 9.17) is 15.6 Å². The SMILES string of the molecule is COC[C@H](N)C(=O)Nc1ccc(C(=O)O)cc1. The first-order valence-electron chi connectivity index (χ1n) is 4.93. The summed E-state index contributed by atoms with van der Waals surface area (Å²) in [5, 5.41) is 11.2. The first-order chi connectivity index (χ1) is 8.04. The molecule has 0 aliphatic heterocycles. The summed E-state index contributed by atoms with van der Waals surface area (Å²) in [6, 6.07) is 5.06. The zero-order valence-corrected chi connectivity index (χ0v) is 9.34. The van der Waals surface area contributed by atoms with Crippen LogP contribution in [0.4, 0.5) is 5.69 Å². The number of anilines is 1. The Morgan fingerprint density at radius 3 is 2.47 bits per heavy atom.